The number of carbonyl (C=O) groups excluding carboxylic acids is 1. The molecule has 3 rings (SSSR count). The molecule has 5 nitrogen and oxygen atoms in total. The SMILES string of the molecule is CCC1CCN2c3ccc(C(=O)O)cc3NC(=O)C2C1. The quantitative estimate of drug-likeness (QED) is 0.868. The van der Waals surface area contributed by atoms with Crippen molar-refractivity contribution in [3.8, 4) is 0 Å². The molecule has 0 aromatic heterocycles. The number of anilines is 2. The van der Waals surface area contributed by atoms with Gasteiger partial charge in [0.15, 0.2) is 0 Å². The molecule has 1 amide bonds. The predicted molar refractivity (Wildman–Crippen MR) is 76.2 cm³/mol. The van der Waals surface area contributed by atoms with Crippen LogP contribution in [0.2, 0.25) is 0 Å². The van der Waals surface area contributed by atoms with E-state index in [1.165, 1.54) is 6.07 Å². The molecule has 0 spiro atoms. The number of carbonyl (C=O) groups is 2. The standard InChI is InChI=1S/C15H18N2O3/c1-2-9-5-6-17-12-4-3-10(15(19)20)8-11(12)16-14(18)13(17)7-9/h3-4,8-9,13H,2,5-7H2,1H3,(H,16,18)(H,19,20). The minimum absolute atomic E-state index is 0.0156. The summed E-state index contributed by atoms with van der Waals surface area (Å²) in [5.41, 5.74) is 1.75. The fraction of sp³-hybridized carbons (Fsp3) is 0.467. The average Bonchev–Trinajstić information content (AvgIpc) is 2.46. The number of nitrogens with one attached hydrogen (secondary N) is 1. The van der Waals surface area contributed by atoms with Crippen molar-refractivity contribution in [3.05, 3.63) is 23.8 Å². The van der Waals surface area contributed by atoms with E-state index in [4.69, 9.17) is 5.11 Å². The first-order chi connectivity index (χ1) is 9.60. The Labute approximate surface area is 117 Å². The van der Waals surface area contributed by atoms with Crippen molar-refractivity contribution in [2.45, 2.75) is 32.2 Å². The van der Waals surface area contributed by atoms with E-state index in [9.17, 15) is 9.59 Å². The van der Waals surface area contributed by atoms with Gasteiger partial charge in [-0.2, -0.15) is 0 Å². The third kappa shape index (κ3) is 2.03. The van der Waals surface area contributed by atoms with Gasteiger partial charge in [0, 0.05) is 6.54 Å². The van der Waals surface area contributed by atoms with E-state index in [0.717, 1.165) is 31.5 Å². The van der Waals surface area contributed by atoms with Crippen LogP contribution < -0.4 is 10.2 Å². The van der Waals surface area contributed by atoms with E-state index in [2.05, 4.69) is 17.1 Å². The van der Waals surface area contributed by atoms with Gasteiger partial charge in [-0.15, -0.1) is 0 Å². The molecule has 1 saturated heterocycles. The van der Waals surface area contributed by atoms with Crippen molar-refractivity contribution in [1.29, 1.82) is 0 Å². The number of piperidine rings is 1. The van der Waals surface area contributed by atoms with E-state index in [1.807, 2.05) is 0 Å². The number of hydrogen-bond donors (Lipinski definition) is 2. The van der Waals surface area contributed by atoms with Crippen LogP contribution in [0.4, 0.5) is 11.4 Å². The highest BCUT2D eigenvalue weighted by atomic mass is 16.4. The molecule has 1 aromatic carbocycles. The second-order valence-corrected chi connectivity index (χ2v) is 5.53. The first-order valence-corrected chi connectivity index (χ1v) is 7.05. The number of fused-ring (bicyclic) bond motifs is 3. The average molecular weight is 274 g/mol. The molecular weight excluding hydrogens is 256 g/mol. The number of nitrogens with zero attached hydrogens (tertiary/aromatic N) is 1. The highest BCUT2D eigenvalue weighted by molar-refractivity contribution is 6.05. The molecule has 0 saturated carbocycles. The fourth-order valence-electron chi connectivity index (χ4n) is 3.18. The summed E-state index contributed by atoms with van der Waals surface area (Å²) in [5.74, 6) is -0.395. The van der Waals surface area contributed by atoms with Crippen molar-refractivity contribution < 1.29 is 14.7 Å². The van der Waals surface area contributed by atoms with Gasteiger partial charge in [0.05, 0.1) is 16.9 Å². The summed E-state index contributed by atoms with van der Waals surface area (Å²) in [6.45, 7) is 3.02. The highest BCUT2D eigenvalue weighted by Crippen LogP contribution is 2.38. The molecule has 106 valence electrons. The van der Waals surface area contributed by atoms with Crippen molar-refractivity contribution >= 4 is 23.3 Å². The Kier molecular flexibility index (Phi) is 3.12. The molecule has 0 aliphatic carbocycles. The molecule has 0 bridgehead atoms. The molecule has 5 heteroatoms. The van der Waals surface area contributed by atoms with Crippen LogP contribution in [0.3, 0.4) is 0 Å². The Bertz CT molecular complexity index is 570. The number of amides is 1. The molecule has 2 unspecified atom stereocenters. The Hall–Kier alpha value is -2.04. The van der Waals surface area contributed by atoms with E-state index in [0.29, 0.717) is 11.6 Å². The minimum atomic E-state index is -0.978. The third-order valence-electron chi connectivity index (χ3n) is 4.40. The van der Waals surface area contributed by atoms with Gasteiger partial charge in [0.2, 0.25) is 5.91 Å². The summed E-state index contributed by atoms with van der Waals surface area (Å²) in [6, 6.07) is 4.83. The number of aromatic carboxylic acids is 1. The Morgan fingerprint density at radius 2 is 2.30 bits per heavy atom. The van der Waals surface area contributed by atoms with Crippen molar-refractivity contribution in [1.82, 2.24) is 0 Å². The van der Waals surface area contributed by atoms with Gasteiger partial charge in [-0.1, -0.05) is 13.3 Å². The van der Waals surface area contributed by atoms with Crippen LogP contribution in [0, 0.1) is 5.92 Å². The number of carboxylic acids is 1. The molecule has 2 N–H and O–H groups in total. The van der Waals surface area contributed by atoms with Gasteiger partial charge < -0.3 is 15.3 Å². The van der Waals surface area contributed by atoms with Crippen LogP contribution >= 0.6 is 0 Å². The molecule has 2 aliphatic heterocycles. The lowest BCUT2D eigenvalue weighted by atomic mass is 9.87. The lowest BCUT2D eigenvalue weighted by molar-refractivity contribution is -0.118. The second kappa shape index (κ2) is 4.81. The maximum Gasteiger partial charge on any atom is 0.335 e. The van der Waals surface area contributed by atoms with E-state index in [-0.39, 0.29) is 17.5 Å². The Morgan fingerprint density at radius 3 is 3.00 bits per heavy atom. The number of benzene rings is 1. The largest absolute Gasteiger partial charge is 0.478 e. The van der Waals surface area contributed by atoms with Crippen LogP contribution in [0.25, 0.3) is 0 Å². The van der Waals surface area contributed by atoms with E-state index >= 15 is 0 Å². The molecule has 2 atom stereocenters. The minimum Gasteiger partial charge on any atom is -0.478 e. The summed E-state index contributed by atoms with van der Waals surface area (Å²) in [7, 11) is 0. The zero-order valence-electron chi connectivity index (χ0n) is 11.4. The summed E-state index contributed by atoms with van der Waals surface area (Å²) in [4.78, 5) is 25.4. The van der Waals surface area contributed by atoms with E-state index < -0.39 is 5.97 Å². The summed E-state index contributed by atoms with van der Waals surface area (Å²) < 4.78 is 0. The first-order valence-electron chi connectivity index (χ1n) is 7.05. The number of hydrogen-bond acceptors (Lipinski definition) is 3. The summed E-state index contributed by atoms with van der Waals surface area (Å²) in [6.07, 6.45) is 3.06. The van der Waals surface area contributed by atoms with Crippen LogP contribution in [-0.4, -0.2) is 29.6 Å². The van der Waals surface area contributed by atoms with E-state index in [1.54, 1.807) is 12.1 Å². The third-order valence-corrected chi connectivity index (χ3v) is 4.40. The van der Waals surface area contributed by atoms with Crippen molar-refractivity contribution in [2.24, 2.45) is 5.92 Å². The van der Waals surface area contributed by atoms with Crippen molar-refractivity contribution in [3.63, 3.8) is 0 Å². The molecular formula is C15H18N2O3. The number of rotatable bonds is 2. The first kappa shape index (κ1) is 13.0. The summed E-state index contributed by atoms with van der Waals surface area (Å²) in [5, 5.41) is 11.9. The zero-order chi connectivity index (χ0) is 14.3. The van der Waals surface area contributed by atoms with Crippen molar-refractivity contribution in [2.75, 3.05) is 16.8 Å². The van der Waals surface area contributed by atoms with Crippen LogP contribution in [-0.2, 0) is 4.79 Å². The monoisotopic (exact) mass is 274 g/mol. The van der Waals surface area contributed by atoms with Gasteiger partial charge in [0.25, 0.3) is 0 Å². The zero-order valence-corrected chi connectivity index (χ0v) is 11.4. The molecule has 20 heavy (non-hydrogen) atoms. The molecule has 1 fully saturated rings. The maximum atomic E-state index is 12.2. The Balaban J connectivity index is 1.95. The topological polar surface area (TPSA) is 69.6 Å². The maximum absolute atomic E-state index is 12.2. The van der Waals surface area contributed by atoms with Gasteiger partial charge in [-0.05, 0) is 37.0 Å². The highest BCUT2D eigenvalue weighted by Gasteiger charge is 2.37. The van der Waals surface area contributed by atoms with Crippen LogP contribution in [0.5, 0.6) is 0 Å². The van der Waals surface area contributed by atoms with Crippen LogP contribution in [0.1, 0.15) is 36.5 Å². The van der Waals surface area contributed by atoms with Gasteiger partial charge in [-0.25, -0.2) is 4.79 Å². The normalized spacial score (nSPS) is 24.6. The summed E-state index contributed by atoms with van der Waals surface area (Å²) >= 11 is 0. The van der Waals surface area contributed by atoms with Gasteiger partial charge >= 0.3 is 5.97 Å². The molecule has 2 heterocycles. The fourth-order valence-corrected chi connectivity index (χ4v) is 3.18. The van der Waals surface area contributed by atoms with Gasteiger partial charge in [0.1, 0.15) is 6.04 Å². The smallest absolute Gasteiger partial charge is 0.335 e. The predicted octanol–water partition coefficient (Wildman–Crippen LogP) is 2.33. The van der Waals surface area contributed by atoms with Gasteiger partial charge in [-0.3, -0.25) is 4.79 Å². The van der Waals surface area contributed by atoms with Crippen LogP contribution in [0.15, 0.2) is 18.2 Å². The number of carboxylic acid groups (broad SMARTS) is 1. The Morgan fingerprint density at radius 1 is 1.50 bits per heavy atom. The second-order valence-electron chi connectivity index (χ2n) is 5.53. The lowest BCUT2D eigenvalue weighted by Crippen LogP contribution is -2.52. The molecule has 2 aliphatic rings. The molecule has 0 radical (unpaired) electrons. The molecule has 1 aromatic rings. The lowest BCUT2D eigenvalue weighted by Gasteiger charge is -2.43.